The lowest BCUT2D eigenvalue weighted by atomic mass is 10.0. The SMILES string of the molecule is Cc1c(C(=O)N2CCOCC2(C)C)cnn1-c1ccccn1. The van der Waals surface area contributed by atoms with Gasteiger partial charge in [-0.3, -0.25) is 4.79 Å². The van der Waals surface area contributed by atoms with E-state index in [9.17, 15) is 4.79 Å². The molecular weight excluding hydrogens is 280 g/mol. The summed E-state index contributed by atoms with van der Waals surface area (Å²) in [5.41, 5.74) is 1.10. The van der Waals surface area contributed by atoms with Crippen LogP contribution in [0.3, 0.4) is 0 Å². The van der Waals surface area contributed by atoms with Gasteiger partial charge < -0.3 is 9.64 Å². The van der Waals surface area contributed by atoms with Crippen molar-refractivity contribution >= 4 is 5.91 Å². The molecule has 1 fully saturated rings. The van der Waals surface area contributed by atoms with E-state index in [4.69, 9.17) is 4.74 Å². The summed E-state index contributed by atoms with van der Waals surface area (Å²) in [5.74, 6) is 0.702. The quantitative estimate of drug-likeness (QED) is 0.849. The van der Waals surface area contributed by atoms with Crippen molar-refractivity contribution in [2.45, 2.75) is 26.3 Å². The molecule has 2 aromatic rings. The van der Waals surface area contributed by atoms with Gasteiger partial charge in [-0.2, -0.15) is 5.10 Å². The van der Waals surface area contributed by atoms with Gasteiger partial charge in [-0.05, 0) is 32.9 Å². The third-order valence-corrected chi connectivity index (χ3v) is 4.00. The molecule has 0 unspecified atom stereocenters. The van der Waals surface area contributed by atoms with Crippen LogP contribution in [-0.2, 0) is 4.74 Å². The second-order valence-electron chi connectivity index (χ2n) is 6.07. The largest absolute Gasteiger partial charge is 0.377 e. The fourth-order valence-electron chi connectivity index (χ4n) is 2.71. The van der Waals surface area contributed by atoms with Crippen LogP contribution in [0.5, 0.6) is 0 Å². The number of pyridine rings is 1. The van der Waals surface area contributed by atoms with Crippen molar-refractivity contribution < 1.29 is 9.53 Å². The molecule has 0 aromatic carbocycles. The van der Waals surface area contributed by atoms with E-state index in [1.165, 1.54) is 0 Å². The van der Waals surface area contributed by atoms with E-state index >= 15 is 0 Å². The second kappa shape index (κ2) is 5.53. The first kappa shape index (κ1) is 14.7. The highest BCUT2D eigenvalue weighted by molar-refractivity contribution is 5.95. The molecule has 0 atom stereocenters. The first-order valence-electron chi connectivity index (χ1n) is 7.36. The number of aromatic nitrogens is 3. The van der Waals surface area contributed by atoms with Crippen molar-refractivity contribution in [1.82, 2.24) is 19.7 Å². The molecule has 3 rings (SSSR count). The number of nitrogens with zero attached hydrogens (tertiary/aromatic N) is 4. The van der Waals surface area contributed by atoms with Crippen LogP contribution < -0.4 is 0 Å². The smallest absolute Gasteiger partial charge is 0.257 e. The normalized spacial score (nSPS) is 17.5. The third-order valence-electron chi connectivity index (χ3n) is 4.00. The Bertz CT molecular complexity index is 679. The van der Waals surface area contributed by atoms with Crippen molar-refractivity contribution in [3.05, 3.63) is 41.9 Å². The van der Waals surface area contributed by atoms with E-state index in [0.717, 1.165) is 5.69 Å². The van der Waals surface area contributed by atoms with Gasteiger partial charge in [0, 0.05) is 12.7 Å². The van der Waals surface area contributed by atoms with Crippen molar-refractivity contribution in [1.29, 1.82) is 0 Å². The summed E-state index contributed by atoms with van der Waals surface area (Å²) < 4.78 is 7.18. The van der Waals surface area contributed by atoms with Gasteiger partial charge in [0.1, 0.15) is 0 Å². The Hall–Kier alpha value is -2.21. The number of carbonyl (C=O) groups excluding carboxylic acids is 1. The van der Waals surface area contributed by atoms with Crippen molar-refractivity contribution in [3.63, 3.8) is 0 Å². The van der Waals surface area contributed by atoms with E-state index < -0.39 is 0 Å². The number of carbonyl (C=O) groups is 1. The van der Waals surface area contributed by atoms with Gasteiger partial charge in [-0.15, -0.1) is 0 Å². The van der Waals surface area contributed by atoms with Gasteiger partial charge in [0.05, 0.1) is 36.2 Å². The monoisotopic (exact) mass is 300 g/mol. The fraction of sp³-hybridized carbons (Fsp3) is 0.438. The lowest BCUT2D eigenvalue weighted by Crippen LogP contribution is -2.55. The summed E-state index contributed by atoms with van der Waals surface area (Å²) in [4.78, 5) is 19.0. The number of amides is 1. The summed E-state index contributed by atoms with van der Waals surface area (Å²) in [6.07, 6.45) is 3.33. The maximum atomic E-state index is 12.9. The molecule has 0 bridgehead atoms. The van der Waals surface area contributed by atoms with Crippen LogP contribution in [0.25, 0.3) is 5.82 Å². The second-order valence-corrected chi connectivity index (χ2v) is 6.07. The summed E-state index contributed by atoms with van der Waals surface area (Å²) in [7, 11) is 0. The molecule has 1 amide bonds. The van der Waals surface area contributed by atoms with E-state index in [2.05, 4.69) is 10.1 Å². The number of hydrogen-bond donors (Lipinski definition) is 0. The average molecular weight is 300 g/mol. The van der Waals surface area contributed by atoms with Gasteiger partial charge in [0.2, 0.25) is 0 Å². The molecular formula is C16H20N4O2. The van der Waals surface area contributed by atoms with E-state index in [1.807, 2.05) is 43.9 Å². The molecule has 3 heterocycles. The minimum absolute atomic E-state index is 0.00650. The van der Waals surface area contributed by atoms with Crippen LogP contribution in [0.4, 0.5) is 0 Å². The predicted octanol–water partition coefficient (Wildman–Crippen LogP) is 1.83. The lowest BCUT2D eigenvalue weighted by molar-refractivity contribution is -0.0371. The summed E-state index contributed by atoms with van der Waals surface area (Å²) in [6, 6.07) is 5.62. The highest BCUT2D eigenvalue weighted by Crippen LogP contribution is 2.23. The fourth-order valence-corrected chi connectivity index (χ4v) is 2.71. The minimum Gasteiger partial charge on any atom is -0.377 e. The number of hydrogen-bond acceptors (Lipinski definition) is 4. The van der Waals surface area contributed by atoms with Gasteiger partial charge in [-0.1, -0.05) is 6.07 Å². The molecule has 6 nitrogen and oxygen atoms in total. The van der Waals surface area contributed by atoms with Crippen LogP contribution in [0.1, 0.15) is 29.9 Å². The molecule has 0 spiro atoms. The topological polar surface area (TPSA) is 60.3 Å². The molecule has 22 heavy (non-hydrogen) atoms. The summed E-state index contributed by atoms with van der Waals surface area (Å²) in [5, 5.41) is 4.33. The van der Waals surface area contributed by atoms with Crippen LogP contribution in [0, 0.1) is 6.92 Å². The number of morpholine rings is 1. The Labute approximate surface area is 129 Å². The van der Waals surface area contributed by atoms with E-state index in [1.54, 1.807) is 17.1 Å². The molecule has 6 heteroatoms. The number of rotatable bonds is 2. The van der Waals surface area contributed by atoms with E-state index in [0.29, 0.717) is 31.1 Å². The molecule has 0 saturated carbocycles. The first-order chi connectivity index (χ1) is 10.5. The maximum Gasteiger partial charge on any atom is 0.257 e. The molecule has 0 radical (unpaired) electrons. The highest BCUT2D eigenvalue weighted by atomic mass is 16.5. The first-order valence-corrected chi connectivity index (χ1v) is 7.36. The predicted molar refractivity (Wildman–Crippen MR) is 82.0 cm³/mol. The zero-order valence-corrected chi connectivity index (χ0v) is 13.1. The van der Waals surface area contributed by atoms with Gasteiger partial charge in [-0.25, -0.2) is 9.67 Å². The zero-order valence-electron chi connectivity index (χ0n) is 13.1. The molecule has 116 valence electrons. The van der Waals surface area contributed by atoms with Crippen LogP contribution in [-0.4, -0.2) is 50.9 Å². The van der Waals surface area contributed by atoms with Gasteiger partial charge in [0.25, 0.3) is 5.91 Å². The molecule has 1 saturated heterocycles. The Morgan fingerprint density at radius 3 is 2.86 bits per heavy atom. The third kappa shape index (κ3) is 2.50. The Balaban J connectivity index is 1.93. The Morgan fingerprint density at radius 2 is 2.18 bits per heavy atom. The summed E-state index contributed by atoms with van der Waals surface area (Å²) in [6.45, 7) is 7.64. The highest BCUT2D eigenvalue weighted by Gasteiger charge is 2.35. The van der Waals surface area contributed by atoms with E-state index in [-0.39, 0.29) is 11.4 Å². The molecule has 1 aliphatic rings. The lowest BCUT2D eigenvalue weighted by Gasteiger charge is -2.42. The van der Waals surface area contributed by atoms with Crippen LogP contribution in [0.2, 0.25) is 0 Å². The minimum atomic E-state index is -0.311. The van der Waals surface area contributed by atoms with Crippen molar-refractivity contribution in [2.75, 3.05) is 19.8 Å². The molecule has 0 N–H and O–H groups in total. The van der Waals surface area contributed by atoms with Crippen LogP contribution >= 0.6 is 0 Å². The Morgan fingerprint density at radius 1 is 1.36 bits per heavy atom. The number of ether oxygens (including phenoxy) is 1. The zero-order chi connectivity index (χ0) is 15.7. The standard InChI is InChI=1S/C16H20N4O2/c1-12-13(10-18-20(12)14-6-4-5-7-17-14)15(21)19-8-9-22-11-16(19,2)3/h4-7,10H,8-9,11H2,1-3H3. The van der Waals surface area contributed by atoms with Crippen molar-refractivity contribution in [3.8, 4) is 5.82 Å². The van der Waals surface area contributed by atoms with Crippen LogP contribution in [0.15, 0.2) is 30.6 Å². The maximum absolute atomic E-state index is 12.9. The van der Waals surface area contributed by atoms with Gasteiger partial charge in [0.15, 0.2) is 5.82 Å². The molecule has 1 aliphatic heterocycles. The molecule has 0 aliphatic carbocycles. The molecule has 2 aromatic heterocycles. The Kier molecular flexibility index (Phi) is 3.70. The van der Waals surface area contributed by atoms with Crippen molar-refractivity contribution in [2.24, 2.45) is 0 Å². The van der Waals surface area contributed by atoms with Gasteiger partial charge >= 0.3 is 0 Å². The summed E-state index contributed by atoms with van der Waals surface area (Å²) >= 11 is 0. The average Bonchev–Trinajstić information content (AvgIpc) is 2.89.